The van der Waals surface area contributed by atoms with Crippen molar-refractivity contribution in [2.45, 2.75) is 71.9 Å². The first-order valence-electron chi connectivity index (χ1n) is 10.4. The van der Waals surface area contributed by atoms with Gasteiger partial charge >= 0.3 is 18.4 Å². The van der Waals surface area contributed by atoms with Crippen LogP contribution < -0.4 is 16.3 Å². The molecule has 0 aliphatic carbocycles. The minimum atomic E-state index is -3.40. The molecule has 1 unspecified atom stereocenters. The zero-order valence-corrected chi connectivity index (χ0v) is 20.2. The molecule has 2 N–H and O–H groups in total. The number of rotatable bonds is 11. The molecule has 12 heteroatoms. The highest BCUT2D eigenvalue weighted by Gasteiger charge is 2.37. The van der Waals surface area contributed by atoms with Gasteiger partial charge in [-0.15, -0.1) is 0 Å². The number of hydrogen-bond donors (Lipinski definition) is 2. The summed E-state index contributed by atoms with van der Waals surface area (Å²) in [5, 5.41) is 2.80. The maximum atomic E-state index is 13.3. The predicted molar refractivity (Wildman–Crippen MR) is 119 cm³/mol. The van der Waals surface area contributed by atoms with Crippen LogP contribution in [0.3, 0.4) is 0 Å². The zero-order chi connectivity index (χ0) is 23.2. The monoisotopic (exact) mass is 477 g/mol. The Morgan fingerprint density at radius 1 is 1.42 bits per heavy atom. The molecule has 0 spiro atoms. The maximum Gasteiger partial charge on any atom is 0.330 e. The van der Waals surface area contributed by atoms with Crippen LogP contribution in [0.15, 0.2) is 21.9 Å². The van der Waals surface area contributed by atoms with Crippen LogP contribution >= 0.6 is 18.1 Å². The summed E-state index contributed by atoms with van der Waals surface area (Å²) < 4.78 is 31.5. The Morgan fingerprint density at radius 3 is 2.74 bits per heavy atom. The van der Waals surface area contributed by atoms with Gasteiger partial charge in [0, 0.05) is 23.9 Å². The van der Waals surface area contributed by atoms with Crippen molar-refractivity contribution in [2.24, 2.45) is 5.92 Å². The van der Waals surface area contributed by atoms with Crippen LogP contribution in [-0.4, -0.2) is 46.1 Å². The van der Waals surface area contributed by atoms with Gasteiger partial charge in [0.2, 0.25) is 0 Å². The molecular formula is C19H32N3O7PS. The van der Waals surface area contributed by atoms with Crippen molar-refractivity contribution in [1.82, 2.24) is 14.6 Å². The van der Waals surface area contributed by atoms with E-state index in [9.17, 15) is 18.9 Å². The molecule has 1 saturated heterocycles. The molecular weight excluding hydrogens is 445 g/mol. The summed E-state index contributed by atoms with van der Waals surface area (Å²) in [7, 11) is 0. The first kappa shape index (κ1) is 25.9. The number of carbonyl (C=O) groups is 1. The van der Waals surface area contributed by atoms with Crippen LogP contribution in [0.25, 0.3) is 0 Å². The fourth-order valence-corrected chi connectivity index (χ4v) is 7.08. The Balaban J connectivity index is 2.02. The third kappa shape index (κ3) is 7.61. The summed E-state index contributed by atoms with van der Waals surface area (Å²) in [6.07, 6.45) is 1.54. The van der Waals surface area contributed by atoms with Gasteiger partial charge in [0.05, 0.1) is 18.8 Å². The van der Waals surface area contributed by atoms with Crippen LogP contribution in [0.1, 0.15) is 53.7 Å². The number of H-pyrrole nitrogens is 1. The maximum absolute atomic E-state index is 13.3. The highest BCUT2D eigenvalue weighted by atomic mass is 32.7. The lowest BCUT2D eigenvalue weighted by molar-refractivity contribution is -0.149. The lowest BCUT2D eigenvalue weighted by Crippen LogP contribution is -2.35. The van der Waals surface area contributed by atoms with E-state index >= 15 is 0 Å². The molecule has 0 amide bonds. The molecule has 0 bridgehead atoms. The second kappa shape index (κ2) is 11.5. The highest BCUT2D eigenvalue weighted by molar-refractivity contribution is 8.56. The van der Waals surface area contributed by atoms with Crippen LogP contribution in [0.5, 0.6) is 0 Å². The van der Waals surface area contributed by atoms with E-state index in [2.05, 4.69) is 10.1 Å². The second-order valence-corrected chi connectivity index (χ2v) is 12.2. The summed E-state index contributed by atoms with van der Waals surface area (Å²) in [5.41, 5.74) is -1.02. The zero-order valence-electron chi connectivity index (χ0n) is 18.5. The highest BCUT2D eigenvalue weighted by Crippen LogP contribution is 2.57. The Morgan fingerprint density at radius 2 is 2.13 bits per heavy atom. The normalized spacial score (nSPS) is 24.1. The number of ether oxygens (including phenoxy) is 2. The molecule has 5 atom stereocenters. The van der Waals surface area contributed by atoms with Crippen molar-refractivity contribution in [1.29, 1.82) is 0 Å². The quantitative estimate of drug-likeness (QED) is 0.365. The minimum absolute atomic E-state index is 0.0206. The smallest absolute Gasteiger partial charge is 0.330 e. The van der Waals surface area contributed by atoms with Gasteiger partial charge in [0.15, 0.2) is 0 Å². The summed E-state index contributed by atoms with van der Waals surface area (Å²) in [5.74, 6) is 0.0695. The number of nitrogens with one attached hydrogen (secondary N) is 2. The third-order valence-corrected chi connectivity index (χ3v) is 8.85. The first-order valence-corrected chi connectivity index (χ1v) is 13.6. The summed E-state index contributed by atoms with van der Waals surface area (Å²) in [6.45, 7) is 5.59. The minimum Gasteiger partial charge on any atom is -0.462 e. The molecule has 10 nitrogen and oxygen atoms in total. The largest absolute Gasteiger partial charge is 0.462 e. The number of nitrogens with zero attached hydrogens (tertiary/aromatic N) is 1. The van der Waals surface area contributed by atoms with Crippen molar-refractivity contribution in [3.8, 4) is 0 Å². The van der Waals surface area contributed by atoms with E-state index in [4.69, 9.17) is 14.0 Å². The first-order chi connectivity index (χ1) is 14.5. The topological polar surface area (TPSA) is 129 Å². The summed E-state index contributed by atoms with van der Waals surface area (Å²) in [6, 6.07) is 0.465. The molecule has 1 fully saturated rings. The van der Waals surface area contributed by atoms with E-state index in [0.29, 0.717) is 12.2 Å². The fourth-order valence-electron chi connectivity index (χ4n) is 3.12. The molecule has 0 saturated carbocycles. The lowest BCUT2D eigenvalue weighted by Gasteiger charge is -2.24. The van der Waals surface area contributed by atoms with E-state index in [-0.39, 0.29) is 18.6 Å². The second-order valence-electron chi connectivity index (χ2n) is 7.84. The average Bonchev–Trinajstić information content (AvgIpc) is 3.05. The summed E-state index contributed by atoms with van der Waals surface area (Å²) in [4.78, 5) is 37.7. The van der Waals surface area contributed by atoms with Gasteiger partial charge < -0.3 is 14.0 Å². The van der Waals surface area contributed by atoms with Gasteiger partial charge in [-0.05, 0) is 33.6 Å². The van der Waals surface area contributed by atoms with Crippen molar-refractivity contribution in [3.63, 3.8) is 0 Å². The van der Waals surface area contributed by atoms with Crippen molar-refractivity contribution < 1.29 is 23.4 Å². The average molecular weight is 478 g/mol. The molecule has 1 aromatic rings. The molecule has 31 heavy (non-hydrogen) atoms. The summed E-state index contributed by atoms with van der Waals surface area (Å²) >= 11 is 1.14. The van der Waals surface area contributed by atoms with Crippen molar-refractivity contribution >= 4 is 24.1 Å². The van der Waals surface area contributed by atoms with E-state index < -0.39 is 42.3 Å². The molecule has 1 aliphatic rings. The molecule has 0 radical (unpaired) electrons. The molecule has 0 aromatic carbocycles. The molecule has 1 aliphatic heterocycles. The number of esters is 1. The Kier molecular flexibility index (Phi) is 9.57. The Bertz CT molecular complexity index is 903. The van der Waals surface area contributed by atoms with Gasteiger partial charge in [0.25, 0.3) is 5.56 Å². The fraction of sp³-hybridized carbons (Fsp3) is 0.737. The van der Waals surface area contributed by atoms with Gasteiger partial charge in [-0.1, -0.05) is 25.2 Å². The third-order valence-electron chi connectivity index (χ3n) is 4.53. The number of aromatic amines is 1. The van der Waals surface area contributed by atoms with Crippen molar-refractivity contribution in [2.75, 3.05) is 12.4 Å². The van der Waals surface area contributed by atoms with Crippen LogP contribution in [0.2, 0.25) is 0 Å². The Labute approximate surface area is 185 Å². The van der Waals surface area contributed by atoms with Gasteiger partial charge in [-0.2, -0.15) is 0 Å². The van der Waals surface area contributed by atoms with Gasteiger partial charge in [-0.3, -0.25) is 23.7 Å². The molecule has 176 valence electrons. The van der Waals surface area contributed by atoms with E-state index in [1.54, 1.807) is 20.8 Å². The van der Waals surface area contributed by atoms with E-state index in [0.717, 1.165) is 17.8 Å². The molecule has 1 aromatic heterocycles. The van der Waals surface area contributed by atoms with Gasteiger partial charge in [0.1, 0.15) is 12.3 Å². The standard InChI is InChI=1S/C19H32N3O7PS/c1-6-9-31-30(26,21-14(5)18(24)28-12(2)3)27-11-15-10-13(4)17(29-15)22-8-7-16(23)20-19(22)25/h7-8,12-15,17H,6,9-11H2,1-5H3,(H,21,26)(H,20,23,25)/t13-,14+,15-,17+,30?/m0/s1. The predicted octanol–water partition coefficient (Wildman–Crippen LogP) is 2.66. The van der Waals surface area contributed by atoms with Crippen LogP contribution in [0, 0.1) is 5.92 Å². The molecule has 2 heterocycles. The van der Waals surface area contributed by atoms with Crippen molar-refractivity contribution in [3.05, 3.63) is 33.1 Å². The van der Waals surface area contributed by atoms with Crippen LogP contribution in [0.4, 0.5) is 0 Å². The number of aromatic nitrogens is 2. The SMILES string of the molecule is CCCSP(=O)(N[C@H](C)C(=O)OC(C)C)OC[C@@H]1C[C@H](C)[C@H](n2ccc(=O)[nH]c2=O)O1. The van der Waals surface area contributed by atoms with Crippen LogP contribution in [-0.2, 0) is 23.4 Å². The Hall–Kier alpha value is -1.39. The number of carbonyl (C=O) groups excluding carboxylic acids is 1. The number of hydrogen-bond acceptors (Lipinski definition) is 8. The lowest BCUT2D eigenvalue weighted by atomic mass is 10.1. The van der Waals surface area contributed by atoms with E-state index in [1.165, 1.54) is 16.8 Å². The van der Waals surface area contributed by atoms with E-state index in [1.807, 2.05) is 13.8 Å². The van der Waals surface area contributed by atoms with Gasteiger partial charge in [-0.25, -0.2) is 9.88 Å². The molecule has 2 rings (SSSR count).